The zero-order chi connectivity index (χ0) is 13.9. The molecule has 1 aromatic rings. The van der Waals surface area contributed by atoms with Gasteiger partial charge in [-0.25, -0.2) is 0 Å². The van der Waals surface area contributed by atoms with Gasteiger partial charge < -0.3 is 5.11 Å². The molecule has 0 heterocycles. The molecule has 0 bridgehead atoms. The van der Waals surface area contributed by atoms with Gasteiger partial charge in [-0.2, -0.15) is 0 Å². The van der Waals surface area contributed by atoms with Gasteiger partial charge in [-0.15, -0.1) is 0 Å². The highest BCUT2D eigenvalue weighted by atomic mass is 16.3. The predicted molar refractivity (Wildman–Crippen MR) is 80.0 cm³/mol. The number of aliphatic hydroxyl groups is 1. The molecular weight excluding hydrogens is 234 g/mol. The maximum atomic E-state index is 10.4. The molecule has 1 aliphatic carbocycles. The molecular formula is C17H23NO. The summed E-state index contributed by atoms with van der Waals surface area (Å²) in [5.74, 6) is 0. The van der Waals surface area contributed by atoms with E-state index in [2.05, 4.69) is 44.1 Å². The monoisotopic (exact) mass is 257 g/mol. The minimum atomic E-state index is -0.519. The van der Waals surface area contributed by atoms with Crippen molar-refractivity contribution in [2.24, 2.45) is 0 Å². The fraction of sp³-hybridized carbons (Fsp3) is 0.412. The lowest BCUT2D eigenvalue weighted by atomic mass is 9.83. The normalized spacial score (nSPS) is 24.4. The summed E-state index contributed by atoms with van der Waals surface area (Å²) in [6.45, 7) is 2.21. The maximum Gasteiger partial charge on any atom is 0.104 e. The van der Waals surface area contributed by atoms with Crippen molar-refractivity contribution in [1.82, 2.24) is 4.90 Å². The standard InChI is InChI=1S/C17H23NO/c1-4-17(18(2)3)12-10-15(11-13-17)16(19)14-8-6-5-7-9-14/h5-12,16,19H,4,13H2,1-3H3. The molecule has 0 saturated carbocycles. The van der Waals surface area contributed by atoms with Crippen LogP contribution in [0.5, 0.6) is 0 Å². The maximum absolute atomic E-state index is 10.4. The molecule has 102 valence electrons. The summed E-state index contributed by atoms with van der Waals surface area (Å²) in [5, 5.41) is 10.4. The number of benzene rings is 1. The Morgan fingerprint density at radius 3 is 2.42 bits per heavy atom. The number of rotatable bonds is 4. The summed E-state index contributed by atoms with van der Waals surface area (Å²) in [4.78, 5) is 2.26. The van der Waals surface area contributed by atoms with E-state index in [0.29, 0.717) is 0 Å². The minimum absolute atomic E-state index is 0.0971. The second-order valence-corrected chi connectivity index (χ2v) is 5.41. The molecule has 0 aliphatic heterocycles. The van der Waals surface area contributed by atoms with Gasteiger partial charge in [0.2, 0.25) is 0 Å². The van der Waals surface area contributed by atoms with Gasteiger partial charge in [0.05, 0.1) is 0 Å². The SMILES string of the molecule is CCC1(N(C)C)C=CC(C(O)c2ccccc2)=CC1. The van der Waals surface area contributed by atoms with Crippen molar-refractivity contribution in [3.8, 4) is 0 Å². The molecule has 19 heavy (non-hydrogen) atoms. The van der Waals surface area contributed by atoms with Crippen LogP contribution in [-0.2, 0) is 0 Å². The molecule has 2 rings (SSSR count). The second kappa shape index (κ2) is 5.72. The van der Waals surface area contributed by atoms with Gasteiger partial charge in [0, 0.05) is 5.54 Å². The quantitative estimate of drug-likeness (QED) is 0.894. The van der Waals surface area contributed by atoms with Gasteiger partial charge in [-0.05, 0) is 38.1 Å². The fourth-order valence-corrected chi connectivity index (χ4v) is 2.62. The third-order valence-corrected chi connectivity index (χ3v) is 4.21. The van der Waals surface area contributed by atoms with E-state index in [1.165, 1.54) is 0 Å². The summed E-state index contributed by atoms with van der Waals surface area (Å²) in [5.41, 5.74) is 2.05. The Kier molecular flexibility index (Phi) is 4.23. The van der Waals surface area contributed by atoms with Gasteiger partial charge in [0.25, 0.3) is 0 Å². The summed E-state index contributed by atoms with van der Waals surface area (Å²) < 4.78 is 0. The lowest BCUT2D eigenvalue weighted by molar-refractivity contribution is 0.192. The van der Waals surface area contributed by atoms with Gasteiger partial charge in [0.1, 0.15) is 6.10 Å². The van der Waals surface area contributed by atoms with Crippen LogP contribution >= 0.6 is 0 Å². The van der Waals surface area contributed by atoms with Crippen LogP contribution in [0.25, 0.3) is 0 Å². The van der Waals surface area contributed by atoms with Crippen LogP contribution in [0.4, 0.5) is 0 Å². The van der Waals surface area contributed by atoms with E-state index in [-0.39, 0.29) is 5.54 Å². The molecule has 2 atom stereocenters. The summed E-state index contributed by atoms with van der Waals surface area (Å²) in [6, 6.07) is 9.82. The van der Waals surface area contributed by atoms with Gasteiger partial charge in [-0.1, -0.05) is 55.5 Å². The van der Waals surface area contributed by atoms with E-state index in [0.717, 1.165) is 24.0 Å². The summed E-state index contributed by atoms with van der Waals surface area (Å²) in [7, 11) is 4.22. The second-order valence-electron chi connectivity index (χ2n) is 5.41. The topological polar surface area (TPSA) is 23.5 Å². The third-order valence-electron chi connectivity index (χ3n) is 4.21. The molecule has 0 fully saturated rings. The molecule has 2 nitrogen and oxygen atoms in total. The Balaban J connectivity index is 2.16. The van der Waals surface area contributed by atoms with Gasteiger partial charge in [0.15, 0.2) is 0 Å². The molecule has 2 unspecified atom stereocenters. The van der Waals surface area contributed by atoms with E-state index < -0.39 is 6.10 Å². The van der Waals surface area contributed by atoms with Crippen LogP contribution in [0.3, 0.4) is 0 Å². The van der Waals surface area contributed by atoms with Crippen molar-refractivity contribution in [2.75, 3.05) is 14.1 Å². The molecule has 1 aromatic carbocycles. The minimum Gasteiger partial charge on any atom is -0.384 e. The first-order chi connectivity index (χ1) is 9.09. The van der Waals surface area contributed by atoms with E-state index in [1.54, 1.807) is 0 Å². The Labute approximate surface area is 116 Å². The van der Waals surface area contributed by atoms with E-state index in [9.17, 15) is 5.11 Å². The fourth-order valence-electron chi connectivity index (χ4n) is 2.62. The van der Waals surface area contributed by atoms with Crippen LogP contribution in [0.2, 0.25) is 0 Å². The first kappa shape index (κ1) is 14.0. The van der Waals surface area contributed by atoms with Gasteiger partial charge in [-0.3, -0.25) is 4.90 Å². The average molecular weight is 257 g/mol. The Morgan fingerprint density at radius 2 is 1.95 bits per heavy atom. The highest BCUT2D eigenvalue weighted by molar-refractivity contribution is 5.37. The van der Waals surface area contributed by atoms with Crippen LogP contribution in [0, 0.1) is 0 Å². The van der Waals surface area contributed by atoms with Crippen LogP contribution in [-0.4, -0.2) is 29.6 Å². The molecule has 0 saturated heterocycles. The largest absolute Gasteiger partial charge is 0.384 e. The molecule has 2 heteroatoms. The highest BCUT2D eigenvalue weighted by Gasteiger charge is 2.29. The van der Waals surface area contributed by atoms with E-state index in [4.69, 9.17) is 0 Å². The van der Waals surface area contributed by atoms with Crippen molar-refractivity contribution in [1.29, 1.82) is 0 Å². The van der Waals surface area contributed by atoms with Crippen molar-refractivity contribution < 1.29 is 5.11 Å². The molecule has 1 aliphatic rings. The third kappa shape index (κ3) is 2.80. The van der Waals surface area contributed by atoms with Crippen molar-refractivity contribution in [2.45, 2.75) is 31.4 Å². The number of likely N-dealkylation sites (N-methyl/N-ethyl adjacent to an activating group) is 1. The Morgan fingerprint density at radius 1 is 1.26 bits per heavy atom. The zero-order valence-electron chi connectivity index (χ0n) is 12.0. The molecule has 0 spiro atoms. The molecule has 0 amide bonds. The van der Waals surface area contributed by atoms with Crippen molar-refractivity contribution >= 4 is 0 Å². The van der Waals surface area contributed by atoms with E-state index >= 15 is 0 Å². The number of hydrogen-bond donors (Lipinski definition) is 1. The van der Waals surface area contributed by atoms with Crippen LogP contribution < -0.4 is 0 Å². The first-order valence-electron chi connectivity index (χ1n) is 6.89. The molecule has 0 radical (unpaired) electrons. The number of nitrogens with zero attached hydrogens (tertiary/aromatic N) is 1. The Bertz CT molecular complexity index is 475. The number of aliphatic hydroxyl groups excluding tert-OH is 1. The summed E-state index contributed by atoms with van der Waals surface area (Å²) >= 11 is 0. The zero-order valence-corrected chi connectivity index (χ0v) is 12.0. The molecule has 1 N–H and O–H groups in total. The highest BCUT2D eigenvalue weighted by Crippen LogP contribution is 2.33. The first-order valence-corrected chi connectivity index (χ1v) is 6.89. The van der Waals surface area contributed by atoms with Crippen molar-refractivity contribution in [3.05, 3.63) is 59.7 Å². The predicted octanol–water partition coefficient (Wildman–Crippen LogP) is 3.32. The molecule has 0 aromatic heterocycles. The summed E-state index contributed by atoms with van der Waals surface area (Å²) in [6.07, 6.45) is 7.98. The lowest BCUT2D eigenvalue weighted by Crippen LogP contribution is -2.42. The van der Waals surface area contributed by atoms with E-state index in [1.807, 2.05) is 30.3 Å². The van der Waals surface area contributed by atoms with Crippen LogP contribution in [0.1, 0.15) is 31.4 Å². The average Bonchev–Trinajstić information content (AvgIpc) is 2.47. The lowest BCUT2D eigenvalue weighted by Gasteiger charge is -2.38. The smallest absolute Gasteiger partial charge is 0.104 e. The Hall–Kier alpha value is -1.38. The van der Waals surface area contributed by atoms with Crippen LogP contribution in [0.15, 0.2) is 54.1 Å². The number of hydrogen-bond acceptors (Lipinski definition) is 2. The van der Waals surface area contributed by atoms with Crippen molar-refractivity contribution in [3.63, 3.8) is 0 Å². The van der Waals surface area contributed by atoms with Gasteiger partial charge >= 0.3 is 0 Å².